The molecule has 1 heterocycles. The van der Waals surface area contributed by atoms with Crippen molar-refractivity contribution in [2.24, 2.45) is 0 Å². The molecule has 0 atom stereocenters. The molecule has 1 aromatic carbocycles. The van der Waals surface area contributed by atoms with Gasteiger partial charge in [-0.05, 0) is 13.1 Å². The van der Waals surface area contributed by atoms with E-state index in [1.807, 2.05) is 24.5 Å². The van der Waals surface area contributed by atoms with Gasteiger partial charge in [-0.25, -0.2) is 0 Å². The molecule has 0 bridgehead atoms. The average Bonchev–Trinajstić information content (AvgIpc) is 2.62. The molecule has 0 N–H and O–H groups in total. The van der Waals surface area contributed by atoms with Crippen molar-refractivity contribution in [3.63, 3.8) is 0 Å². The van der Waals surface area contributed by atoms with E-state index in [1.54, 1.807) is 0 Å². The van der Waals surface area contributed by atoms with E-state index >= 15 is 0 Å². The number of halogens is 1. The van der Waals surface area contributed by atoms with Gasteiger partial charge in [0.25, 0.3) is 0 Å². The standard InChI is InChI=1S/C12H14ClNO/c1-14(7-6-13)8-10-9-15-12-5-3-2-4-11(10)12/h2-5,9H,6-8H2,1H3. The summed E-state index contributed by atoms with van der Waals surface area (Å²) in [4.78, 5) is 2.18. The van der Waals surface area contributed by atoms with Crippen LogP contribution in [0.5, 0.6) is 0 Å². The molecule has 2 rings (SSSR count). The molecule has 80 valence electrons. The van der Waals surface area contributed by atoms with Crippen molar-refractivity contribution in [1.29, 1.82) is 0 Å². The SMILES string of the molecule is CN(CCCl)Cc1coc2ccccc12. The zero-order valence-corrected chi connectivity index (χ0v) is 9.50. The Labute approximate surface area is 94.4 Å². The Kier molecular flexibility index (Phi) is 3.29. The van der Waals surface area contributed by atoms with Gasteiger partial charge < -0.3 is 9.32 Å². The van der Waals surface area contributed by atoms with Crippen LogP contribution in [0, 0.1) is 0 Å². The van der Waals surface area contributed by atoms with Crippen molar-refractivity contribution in [3.8, 4) is 0 Å². The molecule has 0 spiro atoms. The summed E-state index contributed by atoms with van der Waals surface area (Å²) < 4.78 is 5.47. The number of para-hydroxylation sites is 1. The van der Waals surface area contributed by atoms with E-state index in [-0.39, 0.29) is 0 Å². The van der Waals surface area contributed by atoms with Crippen LogP contribution in [0.1, 0.15) is 5.56 Å². The Morgan fingerprint density at radius 1 is 1.33 bits per heavy atom. The van der Waals surface area contributed by atoms with Crippen molar-refractivity contribution < 1.29 is 4.42 Å². The fourth-order valence-corrected chi connectivity index (χ4v) is 1.96. The largest absolute Gasteiger partial charge is 0.464 e. The molecule has 0 unspecified atom stereocenters. The van der Waals surface area contributed by atoms with Crippen LogP contribution in [0.25, 0.3) is 11.0 Å². The summed E-state index contributed by atoms with van der Waals surface area (Å²) in [6.45, 7) is 1.77. The quantitative estimate of drug-likeness (QED) is 0.741. The van der Waals surface area contributed by atoms with Crippen LogP contribution in [-0.4, -0.2) is 24.4 Å². The highest BCUT2D eigenvalue weighted by atomic mass is 35.5. The first-order valence-corrected chi connectivity index (χ1v) is 5.54. The molecule has 3 heteroatoms. The number of fused-ring (bicyclic) bond motifs is 1. The van der Waals surface area contributed by atoms with E-state index in [1.165, 1.54) is 10.9 Å². The van der Waals surface area contributed by atoms with Crippen molar-refractivity contribution in [3.05, 3.63) is 36.1 Å². The molecular weight excluding hydrogens is 210 g/mol. The number of nitrogens with zero attached hydrogens (tertiary/aromatic N) is 1. The number of furan rings is 1. The lowest BCUT2D eigenvalue weighted by atomic mass is 10.2. The Bertz CT molecular complexity index is 438. The van der Waals surface area contributed by atoms with Gasteiger partial charge in [-0.15, -0.1) is 11.6 Å². The summed E-state index contributed by atoms with van der Waals surface area (Å²) in [6.07, 6.45) is 1.83. The average molecular weight is 224 g/mol. The monoisotopic (exact) mass is 223 g/mol. The highest BCUT2D eigenvalue weighted by Gasteiger charge is 2.06. The lowest BCUT2D eigenvalue weighted by molar-refractivity contribution is 0.347. The molecule has 0 aliphatic rings. The van der Waals surface area contributed by atoms with E-state index in [9.17, 15) is 0 Å². The van der Waals surface area contributed by atoms with Gasteiger partial charge >= 0.3 is 0 Å². The zero-order chi connectivity index (χ0) is 10.7. The van der Waals surface area contributed by atoms with Crippen LogP contribution in [-0.2, 0) is 6.54 Å². The van der Waals surface area contributed by atoms with E-state index in [0.29, 0.717) is 5.88 Å². The van der Waals surface area contributed by atoms with Gasteiger partial charge in [0, 0.05) is 29.9 Å². The van der Waals surface area contributed by atoms with Gasteiger partial charge in [-0.3, -0.25) is 0 Å². The maximum absolute atomic E-state index is 5.69. The predicted octanol–water partition coefficient (Wildman–Crippen LogP) is 3.10. The maximum Gasteiger partial charge on any atom is 0.134 e. The van der Waals surface area contributed by atoms with Gasteiger partial charge in [0.2, 0.25) is 0 Å². The number of benzene rings is 1. The third-order valence-corrected chi connectivity index (χ3v) is 2.64. The zero-order valence-electron chi connectivity index (χ0n) is 8.74. The number of hydrogen-bond donors (Lipinski definition) is 0. The molecule has 0 aliphatic carbocycles. The van der Waals surface area contributed by atoms with E-state index < -0.39 is 0 Å². The summed E-state index contributed by atoms with van der Waals surface area (Å²) in [7, 11) is 2.06. The molecule has 0 amide bonds. The number of rotatable bonds is 4. The molecule has 2 nitrogen and oxygen atoms in total. The van der Waals surface area contributed by atoms with E-state index in [0.717, 1.165) is 18.7 Å². The molecule has 0 saturated heterocycles. The second kappa shape index (κ2) is 4.69. The first-order valence-electron chi connectivity index (χ1n) is 5.01. The van der Waals surface area contributed by atoms with Crippen LogP contribution in [0.4, 0.5) is 0 Å². The van der Waals surface area contributed by atoms with Gasteiger partial charge in [0.15, 0.2) is 0 Å². The van der Waals surface area contributed by atoms with E-state index in [2.05, 4.69) is 18.0 Å². The summed E-state index contributed by atoms with van der Waals surface area (Å²) in [6, 6.07) is 8.09. The Hall–Kier alpha value is -0.990. The maximum atomic E-state index is 5.69. The molecule has 15 heavy (non-hydrogen) atoms. The lowest BCUT2D eigenvalue weighted by Gasteiger charge is -2.13. The summed E-state index contributed by atoms with van der Waals surface area (Å²) in [5.74, 6) is 0.659. The molecular formula is C12H14ClNO. The fourth-order valence-electron chi connectivity index (χ4n) is 1.67. The second-order valence-electron chi connectivity index (χ2n) is 3.68. The molecule has 2 aromatic rings. The minimum Gasteiger partial charge on any atom is -0.464 e. The molecule has 0 saturated carbocycles. The van der Waals surface area contributed by atoms with Gasteiger partial charge in [-0.1, -0.05) is 18.2 Å². The topological polar surface area (TPSA) is 16.4 Å². The van der Waals surface area contributed by atoms with Crippen LogP contribution in [0.3, 0.4) is 0 Å². The highest BCUT2D eigenvalue weighted by Crippen LogP contribution is 2.21. The normalized spacial score (nSPS) is 11.4. The van der Waals surface area contributed by atoms with Crippen molar-refractivity contribution in [2.45, 2.75) is 6.54 Å². The van der Waals surface area contributed by atoms with Crippen LogP contribution < -0.4 is 0 Å². The van der Waals surface area contributed by atoms with Crippen molar-refractivity contribution >= 4 is 22.6 Å². The highest BCUT2D eigenvalue weighted by molar-refractivity contribution is 6.18. The number of alkyl halides is 1. The summed E-state index contributed by atoms with van der Waals surface area (Å²) >= 11 is 5.69. The van der Waals surface area contributed by atoms with Crippen molar-refractivity contribution in [2.75, 3.05) is 19.5 Å². The third-order valence-electron chi connectivity index (χ3n) is 2.47. The first-order chi connectivity index (χ1) is 7.31. The Morgan fingerprint density at radius 2 is 2.13 bits per heavy atom. The van der Waals surface area contributed by atoms with Gasteiger partial charge in [-0.2, -0.15) is 0 Å². The third kappa shape index (κ3) is 2.33. The van der Waals surface area contributed by atoms with E-state index in [4.69, 9.17) is 16.0 Å². The van der Waals surface area contributed by atoms with Gasteiger partial charge in [0.05, 0.1) is 6.26 Å². The van der Waals surface area contributed by atoms with Crippen LogP contribution in [0.15, 0.2) is 34.9 Å². The number of hydrogen-bond acceptors (Lipinski definition) is 2. The summed E-state index contributed by atoms with van der Waals surface area (Å²) in [5, 5.41) is 1.19. The lowest BCUT2D eigenvalue weighted by Crippen LogP contribution is -2.19. The smallest absolute Gasteiger partial charge is 0.134 e. The Balaban J connectivity index is 2.21. The molecule has 1 aromatic heterocycles. The predicted molar refractivity (Wildman–Crippen MR) is 63.3 cm³/mol. The van der Waals surface area contributed by atoms with Crippen LogP contribution >= 0.6 is 11.6 Å². The van der Waals surface area contributed by atoms with Gasteiger partial charge in [0.1, 0.15) is 5.58 Å². The fraction of sp³-hybridized carbons (Fsp3) is 0.333. The Morgan fingerprint density at radius 3 is 2.93 bits per heavy atom. The van der Waals surface area contributed by atoms with Crippen LogP contribution in [0.2, 0.25) is 0 Å². The van der Waals surface area contributed by atoms with Crippen molar-refractivity contribution in [1.82, 2.24) is 4.90 Å². The second-order valence-corrected chi connectivity index (χ2v) is 4.06. The minimum absolute atomic E-state index is 0.659. The molecule has 0 fully saturated rings. The molecule has 0 radical (unpaired) electrons. The summed E-state index contributed by atoms with van der Waals surface area (Å²) in [5.41, 5.74) is 2.17. The minimum atomic E-state index is 0.659. The first kappa shape index (κ1) is 10.5. The molecule has 0 aliphatic heterocycles.